The van der Waals surface area contributed by atoms with E-state index in [2.05, 4.69) is 4.90 Å². The van der Waals surface area contributed by atoms with Gasteiger partial charge in [-0.25, -0.2) is 14.5 Å². The second-order valence-corrected chi connectivity index (χ2v) is 7.54. The standard InChI is InChI=1S/C17H20N2O3.C2HF3O2/c1-11-3-4-12(2)14(9-11)19-15(20)17(22-16(19)21)10-18-7-5-13(17)6-8-18;3-2(4,5)1(6)7/h3-4,9,13H,5-8,10H2,1-2H3;(H,6,7). The van der Waals surface area contributed by atoms with Gasteiger partial charge in [-0.1, -0.05) is 12.1 Å². The van der Waals surface area contributed by atoms with Crippen LogP contribution in [0, 0.1) is 19.8 Å². The van der Waals surface area contributed by atoms with Crippen LogP contribution in [0.1, 0.15) is 24.0 Å². The molecule has 1 atom stereocenters. The van der Waals surface area contributed by atoms with Gasteiger partial charge in [0.2, 0.25) is 5.60 Å². The van der Waals surface area contributed by atoms with Gasteiger partial charge >= 0.3 is 18.2 Å². The maximum atomic E-state index is 13.1. The number of ether oxygens (including phenoxy) is 1. The highest BCUT2D eigenvalue weighted by Crippen LogP contribution is 2.44. The van der Waals surface area contributed by atoms with E-state index < -0.39 is 23.8 Å². The van der Waals surface area contributed by atoms with E-state index in [0.717, 1.165) is 37.1 Å². The predicted molar refractivity (Wildman–Crippen MR) is 95.5 cm³/mol. The van der Waals surface area contributed by atoms with E-state index >= 15 is 0 Å². The molecule has 4 aliphatic rings. The zero-order chi connectivity index (χ0) is 21.6. The van der Waals surface area contributed by atoms with Gasteiger partial charge in [0, 0.05) is 12.5 Å². The summed E-state index contributed by atoms with van der Waals surface area (Å²) in [5.41, 5.74) is 1.64. The van der Waals surface area contributed by atoms with Crippen LogP contribution in [0.5, 0.6) is 0 Å². The van der Waals surface area contributed by atoms with Gasteiger partial charge in [0.05, 0.1) is 5.69 Å². The number of imide groups is 1. The Balaban J connectivity index is 0.000000298. The molecule has 29 heavy (non-hydrogen) atoms. The van der Waals surface area contributed by atoms with Crippen molar-refractivity contribution in [3.05, 3.63) is 29.3 Å². The smallest absolute Gasteiger partial charge is 0.475 e. The van der Waals surface area contributed by atoms with Gasteiger partial charge in [-0.15, -0.1) is 0 Å². The van der Waals surface area contributed by atoms with E-state index in [0.29, 0.717) is 12.2 Å². The summed E-state index contributed by atoms with van der Waals surface area (Å²) >= 11 is 0. The second kappa shape index (κ2) is 7.33. The predicted octanol–water partition coefficient (Wildman–Crippen LogP) is 2.88. The number of benzene rings is 1. The van der Waals surface area contributed by atoms with Gasteiger partial charge < -0.3 is 9.84 Å². The minimum absolute atomic E-state index is 0.157. The van der Waals surface area contributed by atoms with E-state index in [1.807, 2.05) is 32.0 Å². The van der Waals surface area contributed by atoms with E-state index in [9.17, 15) is 22.8 Å². The third kappa shape index (κ3) is 3.81. The number of anilines is 1. The molecule has 0 aromatic heterocycles. The van der Waals surface area contributed by atoms with Crippen LogP contribution >= 0.6 is 0 Å². The Morgan fingerprint density at radius 2 is 1.79 bits per heavy atom. The fourth-order valence-corrected chi connectivity index (χ4v) is 4.06. The average Bonchev–Trinajstić information content (AvgIpc) is 2.88. The molecule has 0 aliphatic carbocycles. The highest BCUT2D eigenvalue weighted by Gasteiger charge is 2.62. The summed E-state index contributed by atoms with van der Waals surface area (Å²) in [7, 11) is 0. The molecule has 0 saturated carbocycles. The fourth-order valence-electron chi connectivity index (χ4n) is 4.06. The number of aryl methyl sites for hydroxylation is 2. The SMILES string of the molecule is Cc1ccc(C)c(N2C(=O)OC3(CN4CCC3CC4)C2=O)c1.O=C(O)C(F)(F)F. The third-order valence-corrected chi connectivity index (χ3v) is 5.57. The van der Waals surface area contributed by atoms with Crippen LogP contribution in [0.3, 0.4) is 0 Å². The molecule has 4 heterocycles. The number of fused-ring (bicyclic) bond motifs is 2. The Morgan fingerprint density at radius 1 is 1.21 bits per heavy atom. The third-order valence-electron chi connectivity index (χ3n) is 5.57. The number of piperidine rings is 3. The normalized spacial score (nSPS) is 28.2. The number of carbonyl (C=O) groups is 3. The number of carboxylic acid groups (broad SMARTS) is 1. The number of hydrogen-bond donors (Lipinski definition) is 1. The van der Waals surface area contributed by atoms with Gasteiger partial charge in [0.25, 0.3) is 5.91 Å². The quantitative estimate of drug-likeness (QED) is 0.761. The maximum Gasteiger partial charge on any atom is 0.490 e. The summed E-state index contributed by atoms with van der Waals surface area (Å²) in [6.07, 6.45) is -3.74. The number of alkyl halides is 3. The first-order chi connectivity index (χ1) is 13.5. The molecule has 2 amide bonds. The molecule has 10 heteroatoms. The lowest BCUT2D eigenvalue weighted by Gasteiger charge is -2.48. The highest BCUT2D eigenvalue weighted by atomic mass is 19.4. The van der Waals surface area contributed by atoms with Crippen LogP contribution < -0.4 is 4.90 Å². The second-order valence-electron chi connectivity index (χ2n) is 7.54. The lowest BCUT2D eigenvalue weighted by molar-refractivity contribution is -0.192. The molecule has 5 rings (SSSR count). The van der Waals surface area contributed by atoms with Crippen LogP contribution in [0.2, 0.25) is 0 Å². The van der Waals surface area contributed by atoms with E-state index in [1.165, 1.54) is 4.90 Å². The van der Waals surface area contributed by atoms with Crippen LogP contribution in [-0.2, 0) is 14.3 Å². The van der Waals surface area contributed by atoms with Gasteiger partial charge in [-0.3, -0.25) is 9.69 Å². The summed E-state index contributed by atoms with van der Waals surface area (Å²) in [5, 5.41) is 7.12. The van der Waals surface area contributed by atoms with Crippen molar-refractivity contribution in [3.8, 4) is 0 Å². The fraction of sp³-hybridized carbons (Fsp3) is 0.526. The first kappa shape index (κ1) is 21.1. The molecule has 4 fully saturated rings. The van der Waals surface area contributed by atoms with Crippen molar-refractivity contribution in [2.24, 2.45) is 5.92 Å². The van der Waals surface area contributed by atoms with Crippen molar-refractivity contribution in [1.29, 1.82) is 0 Å². The molecule has 2 bridgehead atoms. The first-order valence-electron chi connectivity index (χ1n) is 9.13. The summed E-state index contributed by atoms with van der Waals surface area (Å²) in [5.74, 6) is -2.78. The van der Waals surface area contributed by atoms with Gasteiger partial charge in [-0.05, 0) is 57.0 Å². The minimum atomic E-state index is -5.08. The van der Waals surface area contributed by atoms with Crippen molar-refractivity contribution >= 4 is 23.7 Å². The van der Waals surface area contributed by atoms with E-state index in [-0.39, 0.29) is 11.8 Å². The lowest BCUT2D eigenvalue weighted by Crippen LogP contribution is -2.63. The number of nitrogens with zero attached hydrogens (tertiary/aromatic N) is 2. The Labute approximate surface area is 165 Å². The number of hydrogen-bond acceptors (Lipinski definition) is 5. The van der Waals surface area contributed by atoms with Crippen molar-refractivity contribution < 1.29 is 37.4 Å². The molecule has 158 valence electrons. The Morgan fingerprint density at radius 3 is 2.28 bits per heavy atom. The molecular weight excluding hydrogens is 393 g/mol. The van der Waals surface area contributed by atoms with Gasteiger partial charge in [0.15, 0.2) is 0 Å². The van der Waals surface area contributed by atoms with Crippen molar-refractivity contribution in [1.82, 2.24) is 4.90 Å². The molecule has 4 saturated heterocycles. The summed E-state index contributed by atoms with van der Waals surface area (Å²) < 4.78 is 37.4. The highest BCUT2D eigenvalue weighted by molar-refractivity contribution is 6.20. The molecular formula is C19H21F3N2O5. The summed E-state index contributed by atoms with van der Waals surface area (Å²) in [6.45, 7) is 6.42. The molecule has 1 unspecified atom stereocenters. The van der Waals surface area contributed by atoms with Crippen molar-refractivity contribution in [2.75, 3.05) is 24.5 Å². The molecule has 1 aromatic rings. The van der Waals surface area contributed by atoms with E-state index in [1.54, 1.807) is 0 Å². The van der Waals surface area contributed by atoms with Crippen LogP contribution in [0.25, 0.3) is 0 Å². The molecule has 4 aliphatic heterocycles. The monoisotopic (exact) mass is 414 g/mol. The lowest BCUT2D eigenvalue weighted by atomic mass is 9.75. The Bertz CT molecular complexity index is 849. The number of halogens is 3. The number of amides is 2. The van der Waals surface area contributed by atoms with Crippen LogP contribution in [-0.4, -0.2) is 59.4 Å². The average molecular weight is 414 g/mol. The molecule has 1 N–H and O–H groups in total. The molecule has 7 nitrogen and oxygen atoms in total. The maximum absolute atomic E-state index is 13.1. The number of aliphatic carboxylic acids is 1. The first-order valence-corrected chi connectivity index (χ1v) is 9.13. The Kier molecular flexibility index (Phi) is 5.33. The van der Waals surface area contributed by atoms with Gasteiger partial charge in [0.1, 0.15) is 0 Å². The Hall–Kier alpha value is -2.62. The summed E-state index contributed by atoms with van der Waals surface area (Å²) in [4.78, 5) is 37.9. The van der Waals surface area contributed by atoms with Crippen LogP contribution in [0.4, 0.5) is 23.7 Å². The zero-order valence-electron chi connectivity index (χ0n) is 16.0. The minimum Gasteiger partial charge on any atom is -0.475 e. The molecule has 1 spiro atoms. The zero-order valence-corrected chi connectivity index (χ0v) is 16.0. The number of carbonyl (C=O) groups excluding carboxylic acids is 2. The molecule has 0 radical (unpaired) electrons. The largest absolute Gasteiger partial charge is 0.490 e. The van der Waals surface area contributed by atoms with Crippen molar-refractivity contribution in [3.63, 3.8) is 0 Å². The number of carboxylic acids is 1. The van der Waals surface area contributed by atoms with E-state index in [4.69, 9.17) is 14.6 Å². The van der Waals surface area contributed by atoms with Crippen molar-refractivity contribution in [2.45, 2.75) is 38.5 Å². The van der Waals surface area contributed by atoms with Gasteiger partial charge in [-0.2, -0.15) is 13.2 Å². The number of rotatable bonds is 1. The van der Waals surface area contributed by atoms with Crippen LogP contribution in [0.15, 0.2) is 18.2 Å². The topological polar surface area (TPSA) is 87.2 Å². The summed E-state index contributed by atoms with van der Waals surface area (Å²) in [6, 6.07) is 5.80. The molecule has 1 aromatic carbocycles.